The second kappa shape index (κ2) is 7.61. The Balaban J connectivity index is 2.07. The predicted octanol–water partition coefficient (Wildman–Crippen LogP) is 3.08. The van der Waals surface area contributed by atoms with E-state index in [2.05, 4.69) is 5.32 Å². The molecule has 2 aromatic carbocycles. The number of carbonyl (C=O) groups excluding carboxylic acids is 1. The van der Waals surface area contributed by atoms with Crippen LogP contribution in [0.15, 0.2) is 60.3 Å². The van der Waals surface area contributed by atoms with Gasteiger partial charge in [0.15, 0.2) is 5.78 Å². The van der Waals surface area contributed by atoms with Crippen LogP contribution in [-0.2, 0) is 4.79 Å². The highest BCUT2D eigenvalue weighted by Crippen LogP contribution is 2.20. The zero-order valence-corrected chi connectivity index (χ0v) is 13.5. The van der Waals surface area contributed by atoms with Gasteiger partial charge in [-0.2, -0.15) is 0 Å². The lowest BCUT2D eigenvalue weighted by molar-refractivity contribution is -0.111. The van der Waals surface area contributed by atoms with Gasteiger partial charge in [-0.05, 0) is 37.1 Å². The molecule has 4 heteroatoms. The minimum absolute atomic E-state index is 0.0345. The number of anilines is 1. The molecule has 0 heterocycles. The first kappa shape index (κ1) is 16.8. The van der Waals surface area contributed by atoms with E-state index in [9.17, 15) is 4.79 Å². The van der Waals surface area contributed by atoms with Gasteiger partial charge in [-0.25, -0.2) is 0 Å². The van der Waals surface area contributed by atoms with Crippen molar-refractivity contribution in [3.63, 3.8) is 0 Å². The zero-order chi connectivity index (χ0) is 16.8. The molecule has 0 amide bonds. The second-order valence-electron chi connectivity index (χ2n) is 5.59. The minimum Gasteiger partial charge on any atom is -0.402 e. The molecule has 2 rings (SSSR count). The lowest BCUT2D eigenvalue weighted by Gasteiger charge is -2.15. The topological polar surface area (TPSA) is 81.1 Å². The fourth-order valence-electron chi connectivity index (χ4n) is 2.51. The first-order valence-corrected chi connectivity index (χ1v) is 7.61. The zero-order valence-electron chi connectivity index (χ0n) is 13.5. The van der Waals surface area contributed by atoms with E-state index in [1.807, 2.05) is 54.6 Å². The molecular formula is C19H23N3O. The van der Waals surface area contributed by atoms with Crippen molar-refractivity contribution >= 4 is 17.0 Å². The van der Waals surface area contributed by atoms with E-state index in [4.69, 9.17) is 11.5 Å². The van der Waals surface area contributed by atoms with E-state index in [1.165, 1.54) is 6.92 Å². The summed E-state index contributed by atoms with van der Waals surface area (Å²) >= 11 is 0. The van der Waals surface area contributed by atoms with Crippen LogP contribution in [-0.4, -0.2) is 12.3 Å². The van der Waals surface area contributed by atoms with Gasteiger partial charge in [-0.15, -0.1) is 0 Å². The third-order valence-electron chi connectivity index (χ3n) is 3.67. The predicted molar refractivity (Wildman–Crippen MR) is 95.8 cm³/mol. The molecule has 0 saturated heterocycles. The van der Waals surface area contributed by atoms with Gasteiger partial charge < -0.3 is 16.8 Å². The van der Waals surface area contributed by atoms with Crippen LogP contribution in [0.1, 0.15) is 31.0 Å². The Hall–Kier alpha value is -2.59. The number of hydrogen-bond donors (Lipinski definition) is 3. The van der Waals surface area contributed by atoms with Crippen LogP contribution in [0.3, 0.4) is 0 Å². The number of allylic oxidation sites excluding steroid dienone is 2. The van der Waals surface area contributed by atoms with Gasteiger partial charge in [0.05, 0.1) is 0 Å². The van der Waals surface area contributed by atoms with Crippen LogP contribution in [0, 0.1) is 0 Å². The molecule has 0 aromatic heterocycles. The highest BCUT2D eigenvalue weighted by atomic mass is 16.1. The van der Waals surface area contributed by atoms with Gasteiger partial charge >= 0.3 is 0 Å². The maximum Gasteiger partial charge on any atom is 0.162 e. The summed E-state index contributed by atoms with van der Waals surface area (Å²) in [6, 6.07) is 17.5. The van der Waals surface area contributed by atoms with E-state index < -0.39 is 0 Å². The largest absolute Gasteiger partial charge is 0.402 e. The summed E-state index contributed by atoms with van der Waals surface area (Å²) in [7, 11) is 0. The normalized spacial score (nSPS) is 13.2. The lowest BCUT2D eigenvalue weighted by atomic mass is 9.97. The van der Waals surface area contributed by atoms with Crippen LogP contribution in [0.4, 0.5) is 5.69 Å². The Bertz CT molecular complexity index is 686. The summed E-state index contributed by atoms with van der Waals surface area (Å²) in [4.78, 5) is 11.7. The Kier molecular flexibility index (Phi) is 5.55. The number of para-hydroxylation sites is 1. The smallest absolute Gasteiger partial charge is 0.162 e. The quantitative estimate of drug-likeness (QED) is 0.716. The molecule has 0 radical (unpaired) electrons. The molecule has 1 atom stereocenters. The Morgan fingerprint density at radius 1 is 1.04 bits per heavy atom. The summed E-state index contributed by atoms with van der Waals surface area (Å²) in [5.74, 6) is -0.0345. The molecule has 120 valence electrons. The van der Waals surface area contributed by atoms with E-state index >= 15 is 0 Å². The summed E-state index contributed by atoms with van der Waals surface area (Å²) in [5, 5.41) is 3.31. The number of nitrogens with one attached hydrogen (secondary N) is 1. The molecule has 0 saturated carbocycles. The Labute approximate surface area is 137 Å². The summed E-state index contributed by atoms with van der Waals surface area (Å²) < 4.78 is 0. The molecule has 23 heavy (non-hydrogen) atoms. The van der Waals surface area contributed by atoms with Crippen molar-refractivity contribution in [2.24, 2.45) is 11.5 Å². The second-order valence-corrected chi connectivity index (χ2v) is 5.59. The Morgan fingerprint density at radius 3 is 2.17 bits per heavy atom. The molecular weight excluding hydrogens is 286 g/mol. The van der Waals surface area contributed by atoms with Crippen LogP contribution in [0.2, 0.25) is 0 Å². The summed E-state index contributed by atoms with van der Waals surface area (Å²) in [5.41, 5.74) is 16.0. The van der Waals surface area contributed by atoms with Crippen molar-refractivity contribution in [2.45, 2.75) is 19.9 Å². The average molecular weight is 309 g/mol. The molecule has 0 aliphatic heterocycles. The van der Waals surface area contributed by atoms with Crippen molar-refractivity contribution in [2.75, 3.05) is 11.9 Å². The van der Waals surface area contributed by atoms with Gasteiger partial charge in [-0.3, -0.25) is 4.79 Å². The minimum atomic E-state index is -0.131. The lowest BCUT2D eigenvalue weighted by Crippen LogP contribution is -2.20. The van der Waals surface area contributed by atoms with Crippen molar-refractivity contribution < 1.29 is 4.79 Å². The molecule has 2 aromatic rings. The first-order chi connectivity index (χ1) is 11.0. The van der Waals surface area contributed by atoms with E-state index in [-0.39, 0.29) is 11.8 Å². The maximum atomic E-state index is 11.7. The molecule has 0 aliphatic carbocycles. The van der Waals surface area contributed by atoms with E-state index in [0.29, 0.717) is 17.8 Å². The summed E-state index contributed by atoms with van der Waals surface area (Å²) in [6.45, 7) is 3.89. The van der Waals surface area contributed by atoms with Gasteiger partial charge in [0, 0.05) is 29.5 Å². The summed E-state index contributed by atoms with van der Waals surface area (Å²) in [6.07, 6.45) is 0. The van der Waals surface area contributed by atoms with Crippen LogP contribution >= 0.6 is 0 Å². The number of ketones is 1. The Morgan fingerprint density at radius 2 is 1.65 bits per heavy atom. The monoisotopic (exact) mass is 309 g/mol. The SMILES string of the molecule is CC(=O)/C(=C(/C)N)c1ccc([C@@H](N)CNc2ccccc2)cc1. The van der Waals surface area contributed by atoms with Crippen LogP contribution in [0.5, 0.6) is 0 Å². The van der Waals surface area contributed by atoms with Crippen molar-refractivity contribution in [1.82, 2.24) is 0 Å². The third kappa shape index (κ3) is 4.44. The molecule has 0 aliphatic rings. The number of benzene rings is 2. The molecule has 5 N–H and O–H groups in total. The highest BCUT2D eigenvalue weighted by Gasteiger charge is 2.11. The van der Waals surface area contributed by atoms with Crippen molar-refractivity contribution in [3.8, 4) is 0 Å². The molecule has 0 fully saturated rings. The van der Waals surface area contributed by atoms with Gasteiger partial charge in [-0.1, -0.05) is 42.5 Å². The van der Waals surface area contributed by atoms with E-state index in [1.54, 1.807) is 6.92 Å². The number of nitrogens with two attached hydrogens (primary N) is 2. The number of hydrogen-bond acceptors (Lipinski definition) is 4. The van der Waals surface area contributed by atoms with Gasteiger partial charge in [0.1, 0.15) is 0 Å². The third-order valence-corrected chi connectivity index (χ3v) is 3.67. The fourth-order valence-corrected chi connectivity index (χ4v) is 2.51. The van der Waals surface area contributed by atoms with E-state index in [0.717, 1.165) is 16.8 Å². The van der Waals surface area contributed by atoms with Gasteiger partial charge in [0.2, 0.25) is 0 Å². The first-order valence-electron chi connectivity index (χ1n) is 7.61. The fraction of sp³-hybridized carbons (Fsp3) is 0.211. The standard InChI is InChI=1S/C19H23N3O/c1-13(20)19(14(2)23)16-10-8-15(9-11-16)18(21)12-22-17-6-4-3-5-7-17/h3-11,18,22H,12,20-21H2,1-2H3/b19-13+/t18-/m0/s1. The number of carbonyl (C=O) groups is 1. The van der Waals surface area contributed by atoms with Crippen molar-refractivity contribution in [1.29, 1.82) is 0 Å². The number of Topliss-reactive ketones (excluding diaryl/α,β-unsaturated/α-hetero) is 1. The molecule has 0 unspecified atom stereocenters. The maximum absolute atomic E-state index is 11.7. The van der Waals surface area contributed by atoms with Crippen LogP contribution in [0.25, 0.3) is 5.57 Å². The average Bonchev–Trinajstić information content (AvgIpc) is 2.53. The molecule has 4 nitrogen and oxygen atoms in total. The van der Waals surface area contributed by atoms with Crippen molar-refractivity contribution in [3.05, 3.63) is 71.4 Å². The molecule has 0 spiro atoms. The number of rotatable bonds is 6. The highest BCUT2D eigenvalue weighted by molar-refractivity contribution is 6.20. The van der Waals surface area contributed by atoms with Gasteiger partial charge in [0.25, 0.3) is 0 Å². The molecule has 0 bridgehead atoms. The van der Waals surface area contributed by atoms with Crippen LogP contribution < -0.4 is 16.8 Å².